The van der Waals surface area contributed by atoms with E-state index in [-0.39, 0.29) is 38.3 Å². The Morgan fingerprint density at radius 2 is 0.977 bits per heavy atom. The first-order valence-corrected chi connectivity index (χ1v) is 17.0. The van der Waals surface area contributed by atoms with E-state index >= 15 is 0 Å². The Balaban J connectivity index is 1.41. The van der Waals surface area contributed by atoms with Crippen LogP contribution in [0.15, 0.2) is 134 Å². The van der Waals surface area contributed by atoms with Crippen molar-refractivity contribution in [3.63, 3.8) is 0 Å². The van der Waals surface area contributed by atoms with E-state index in [1.807, 2.05) is 78.9 Å². The molecule has 0 radical (unpaired) electrons. The maximum atomic E-state index is 6.84. The van der Waals surface area contributed by atoms with Crippen molar-refractivity contribution in [3.8, 4) is 0 Å². The molecule has 0 amide bonds. The zero-order valence-corrected chi connectivity index (χ0v) is 26.1. The first-order valence-electron chi connectivity index (χ1n) is 14.8. The van der Waals surface area contributed by atoms with Gasteiger partial charge in [0.25, 0.3) is 0 Å². The van der Waals surface area contributed by atoms with Crippen LogP contribution in [0.5, 0.6) is 0 Å². The van der Waals surface area contributed by atoms with E-state index in [1.165, 1.54) is 0 Å². The van der Waals surface area contributed by atoms with E-state index in [0.717, 1.165) is 27.6 Å². The van der Waals surface area contributed by atoms with Gasteiger partial charge in [-0.2, -0.15) is 0 Å². The monoisotopic (exact) mass is 644 g/mol. The molecule has 5 atom stereocenters. The predicted octanol–water partition coefficient (Wildman–Crippen LogP) is 6.99. The third-order valence-electron chi connectivity index (χ3n) is 7.22. The first kappa shape index (κ1) is 31.4. The summed E-state index contributed by atoms with van der Waals surface area (Å²) in [7, 11) is 0. The average molecular weight is 644 g/mol. The molecule has 4 aromatic carbocycles. The van der Waals surface area contributed by atoms with Gasteiger partial charge in [-0.05, 0) is 0 Å². The number of hydrogen-bond acceptors (Lipinski definition) is 5. The van der Waals surface area contributed by atoms with Crippen molar-refractivity contribution in [1.82, 2.24) is 0 Å². The van der Waals surface area contributed by atoms with Gasteiger partial charge in [0.15, 0.2) is 0 Å². The fourth-order valence-electron chi connectivity index (χ4n) is 5.04. The van der Waals surface area contributed by atoms with Gasteiger partial charge in [0.05, 0.1) is 0 Å². The zero-order chi connectivity index (χ0) is 29.5. The van der Waals surface area contributed by atoms with Crippen LogP contribution in [-0.2, 0) is 50.1 Å². The van der Waals surface area contributed by atoms with Crippen LogP contribution in [0.4, 0.5) is 0 Å². The molecule has 1 saturated heterocycles. The van der Waals surface area contributed by atoms with Gasteiger partial charge in [0, 0.05) is 0 Å². The van der Waals surface area contributed by atoms with Gasteiger partial charge >= 0.3 is 263 Å². The summed E-state index contributed by atoms with van der Waals surface area (Å²) in [4.78, 5) is 0. The van der Waals surface area contributed by atoms with Crippen LogP contribution in [0.3, 0.4) is 0 Å². The summed E-state index contributed by atoms with van der Waals surface area (Å²) in [6.45, 7) is 6.19. The van der Waals surface area contributed by atoms with E-state index in [1.54, 1.807) is 0 Å². The summed E-state index contributed by atoms with van der Waals surface area (Å²) in [5, 5.41) is 0.707. The molecule has 4 aromatic rings. The van der Waals surface area contributed by atoms with Crippen molar-refractivity contribution >= 4 is 15.0 Å². The van der Waals surface area contributed by atoms with Crippen molar-refractivity contribution in [2.45, 2.75) is 61.2 Å². The SMILES string of the molecule is C=CC[Se][C@H]1O[C@H](COCc2ccccc2)[C@@H](OCc2ccccc2)[C@H](OCc2ccccc2)[C@H]1OCc1ccccc1. The van der Waals surface area contributed by atoms with E-state index in [4.69, 9.17) is 23.7 Å². The number of ether oxygens (including phenoxy) is 5. The Morgan fingerprint density at radius 3 is 1.44 bits per heavy atom. The van der Waals surface area contributed by atoms with Crippen LogP contribution in [0.2, 0.25) is 5.32 Å². The molecule has 6 heteroatoms. The van der Waals surface area contributed by atoms with Crippen LogP contribution in [0, 0.1) is 0 Å². The molecule has 1 aliphatic heterocycles. The minimum atomic E-state index is -0.406. The molecule has 1 aliphatic rings. The number of allylic oxidation sites excluding steroid dienone is 1. The van der Waals surface area contributed by atoms with Crippen molar-refractivity contribution in [3.05, 3.63) is 156 Å². The summed E-state index contributed by atoms with van der Waals surface area (Å²) < 4.78 is 33.3. The topological polar surface area (TPSA) is 46.2 Å². The summed E-state index contributed by atoms with van der Waals surface area (Å²) in [5.74, 6) is 0. The van der Waals surface area contributed by atoms with Crippen molar-refractivity contribution in [2.75, 3.05) is 6.61 Å². The summed E-state index contributed by atoms with van der Waals surface area (Å²) in [5.41, 5.74) is 4.42. The second kappa shape index (κ2) is 17.3. The van der Waals surface area contributed by atoms with Gasteiger partial charge in [-0.3, -0.25) is 0 Å². The molecule has 0 saturated carbocycles. The summed E-state index contributed by atoms with van der Waals surface area (Å²) in [6.07, 6.45) is 0.521. The second-order valence-corrected chi connectivity index (χ2v) is 12.8. The molecule has 0 unspecified atom stereocenters. The second-order valence-electron chi connectivity index (χ2n) is 10.4. The number of hydrogen-bond donors (Lipinski definition) is 0. The molecule has 0 aliphatic carbocycles. The van der Waals surface area contributed by atoms with Crippen molar-refractivity contribution in [1.29, 1.82) is 0 Å². The number of benzene rings is 4. The molecule has 224 valence electrons. The van der Waals surface area contributed by atoms with Crippen LogP contribution >= 0.6 is 0 Å². The van der Waals surface area contributed by atoms with Crippen molar-refractivity contribution in [2.24, 2.45) is 0 Å². The van der Waals surface area contributed by atoms with E-state index < -0.39 is 6.10 Å². The molecular weight excluding hydrogens is 603 g/mol. The molecule has 5 rings (SSSR count). The average Bonchev–Trinajstić information content (AvgIpc) is 3.07. The molecule has 0 N–H and O–H groups in total. The first-order chi connectivity index (χ1) is 21.3. The van der Waals surface area contributed by atoms with E-state index in [2.05, 4.69) is 55.1 Å². The molecule has 43 heavy (non-hydrogen) atoms. The summed E-state index contributed by atoms with van der Waals surface area (Å²) >= 11 is 0.0829. The Morgan fingerprint density at radius 1 is 0.558 bits per heavy atom. The van der Waals surface area contributed by atoms with Crippen LogP contribution in [0.1, 0.15) is 22.3 Å². The standard InChI is InChI=1S/C37H40O5Se/c1-2-23-43-37-36(41-27-32-21-13-6-14-22-32)35(40-26-31-19-11-5-12-20-31)34(39-25-30-17-9-4-10-18-30)33(42-37)28-38-24-29-15-7-3-8-16-29/h2-22,33-37H,1,23-28H2/t33-,34-,35+,36-,37-/m1/s1. The molecule has 5 nitrogen and oxygen atoms in total. The Kier molecular flexibility index (Phi) is 12.6. The van der Waals surface area contributed by atoms with Gasteiger partial charge in [0.1, 0.15) is 0 Å². The molecular formula is C37H40O5Se. The fourth-order valence-corrected chi connectivity index (χ4v) is 7.08. The quantitative estimate of drug-likeness (QED) is 0.0973. The predicted molar refractivity (Wildman–Crippen MR) is 171 cm³/mol. The summed E-state index contributed by atoms with van der Waals surface area (Å²) in [6, 6.07) is 40.9. The van der Waals surface area contributed by atoms with Crippen LogP contribution in [0.25, 0.3) is 0 Å². The maximum absolute atomic E-state index is 6.84. The van der Waals surface area contributed by atoms with Gasteiger partial charge in [-0.1, -0.05) is 0 Å². The molecule has 0 bridgehead atoms. The Hall–Kier alpha value is -3.06. The fraction of sp³-hybridized carbons (Fsp3) is 0.297. The molecule has 0 spiro atoms. The zero-order valence-electron chi connectivity index (χ0n) is 24.4. The molecule has 1 fully saturated rings. The van der Waals surface area contributed by atoms with Gasteiger partial charge in [-0.15, -0.1) is 0 Å². The normalized spacial score (nSPS) is 21.8. The van der Waals surface area contributed by atoms with Crippen LogP contribution in [-0.4, -0.2) is 51.0 Å². The number of rotatable bonds is 16. The Labute approximate surface area is 261 Å². The third kappa shape index (κ3) is 9.72. The third-order valence-corrected chi connectivity index (χ3v) is 9.60. The van der Waals surface area contributed by atoms with Crippen LogP contribution < -0.4 is 0 Å². The molecule has 0 aromatic heterocycles. The van der Waals surface area contributed by atoms with Gasteiger partial charge in [0.2, 0.25) is 0 Å². The minimum absolute atomic E-state index is 0.0829. The van der Waals surface area contributed by atoms with Gasteiger partial charge in [-0.25, -0.2) is 0 Å². The van der Waals surface area contributed by atoms with Crippen molar-refractivity contribution < 1.29 is 23.7 Å². The molecule has 1 heterocycles. The Bertz CT molecular complexity index is 1320. The van der Waals surface area contributed by atoms with E-state index in [0.29, 0.717) is 33.0 Å². The van der Waals surface area contributed by atoms with E-state index in [9.17, 15) is 0 Å². The van der Waals surface area contributed by atoms with Gasteiger partial charge < -0.3 is 0 Å².